The number of hydrogen-bond acceptors (Lipinski definition) is 4. The number of carbonyl (C=O) groups excluding carboxylic acids is 1. The predicted molar refractivity (Wildman–Crippen MR) is 80.0 cm³/mol. The molecule has 2 fully saturated rings. The molecule has 2 aliphatic heterocycles. The fourth-order valence-corrected chi connectivity index (χ4v) is 3.34. The van der Waals surface area contributed by atoms with Gasteiger partial charge in [-0.3, -0.25) is 9.69 Å². The predicted octanol–water partition coefficient (Wildman–Crippen LogP) is 1.58. The number of ether oxygens (including phenoxy) is 1. The Morgan fingerprint density at radius 1 is 1.33 bits per heavy atom. The lowest BCUT2D eigenvalue weighted by molar-refractivity contribution is -0.125. The van der Waals surface area contributed by atoms with Crippen LogP contribution in [0.4, 0.5) is 0 Å². The second-order valence-electron chi connectivity index (χ2n) is 6.22. The quantitative estimate of drug-likeness (QED) is 0.918. The van der Waals surface area contributed by atoms with Crippen LogP contribution in [0.25, 0.3) is 0 Å². The molecule has 0 unspecified atom stereocenters. The van der Waals surface area contributed by atoms with Gasteiger partial charge in [-0.15, -0.1) is 0 Å². The number of rotatable bonds is 3. The van der Waals surface area contributed by atoms with Crippen molar-refractivity contribution < 1.29 is 9.53 Å². The van der Waals surface area contributed by atoms with E-state index < -0.39 is 0 Å². The van der Waals surface area contributed by atoms with Crippen molar-refractivity contribution in [1.82, 2.24) is 15.2 Å². The number of methoxy groups -OCH3 is 1. The molecule has 1 spiro atoms. The van der Waals surface area contributed by atoms with Crippen molar-refractivity contribution in [2.45, 2.75) is 32.2 Å². The molecule has 0 radical (unpaired) electrons. The lowest BCUT2D eigenvalue weighted by Crippen LogP contribution is -2.49. The molecule has 5 heteroatoms. The van der Waals surface area contributed by atoms with Gasteiger partial charge in [-0.25, -0.2) is 4.98 Å². The minimum Gasteiger partial charge on any atom is -0.481 e. The normalized spacial score (nSPS) is 22.0. The van der Waals surface area contributed by atoms with Crippen molar-refractivity contribution in [3.63, 3.8) is 0 Å². The molecular weight excluding hydrogens is 266 g/mol. The zero-order valence-corrected chi connectivity index (χ0v) is 12.6. The first-order valence-electron chi connectivity index (χ1n) is 7.68. The number of hydrogen-bond donors (Lipinski definition) is 1. The van der Waals surface area contributed by atoms with Crippen molar-refractivity contribution in [3.05, 3.63) is 23.9 Å². The van der Waals surface area contributed by atoms with Crippen LogP contribution in [-0.2, 0) is 11.3 Å². The van der Waals surface area contributed by atoms with Gasteiger partial charge in [0.25, 0.3) is 0 Å². The number of pyridine rings is 1. The van der Waals surface area contributed by atoms with E-state index in [1.54, 1.807) is 7.11 Å². The average molecular weight is 289 g/mol. The number of nitrogens with one attached hydrogen (secondary N) is 1. The third-order valence-electron chi connectivity index (χ3n) is 4.84. The van der Waals surface area contributed by atoms with E-state index in [0.717, 1.165) is 51.1 Å². The zero-order chi connectivity index (χ0) is 14.7. The van der Waals surface area contributed by atoms with Crippen molar-refractivity contribution in [3.8, 4) is 5.88 Å². The Labute approximate surface area is 125 Å². The largest absolute Gasteiger partial charge is 0.481 e. The molecule has 3 rings (SSSR count). The van der Waals surface area contributed by atoms with Crippen molar-refractivity contribution >= 4 is 5.91 Å². The molecule has 1 aromatic rings. The third-order valence-corrected chi connectivity index (χ3v) is 4.84. The van der Waals surface area contributed by atoms with E-state index in [1.807, 2.05) is 18.2 Å². The van der Waals surface area contributed by atoms with E-state index in [1.165, 1.54) is 0 Å². The maximum atomic E-state index is 11.3. The molecule has 114 valence electrons. The van der Waals surface area contributed by atoms with Crippen LogP contribution in [0, 0.1) is 5.41 Å². The summed E-state index contributed by atoms with van der Waals surface area (Å²) in [5.74, 6) is 0.889. The first-order valence-corrected chi connectivity index (χ1v) is 7.68. The molecule has 1 amide bonds. The van der Waals surface area contributed by atoms with Crippen LogP contribution in [0.1, 0.15) is 31.4 Å². The molecular formula is C16H23N3O2. The van der Waals surface area contributed by atoms with E-state index in [-0.39, 0.29) is 5.91 Å². The summed E-state index contributed by atoms with van der Waals surface area (Å²) < 4.78 is 5.17. The van der Waals surface area contributed by atoms with Crippen LogP contribution in [0.5, 0.6) is 5.88 Å². The summed E-state index contributed by atoms with van der Waals surface area (Å²) in [5.41, 5.74) is 1.40. The van der Waals surface area contributed by atoms with Gasteiger partial charge in [-0.05, 0) is 43.8 Å². The Morgan fingerprint density at radius 2 is 2.14 bits per heavy atom. The van der Waals surface area contributed by atoms with E-state index in [2.05, 4.69) is 15.2 Å². The van der Waals surface area contributed by atoms with Gasteiger partial charge in [0.15, 0.2) is 0 Å². The van der Waals surface area contributed by atoms with Crippen LogP contribution in [0.15, 0.2) is 18.2 Å². The molecule has 0 bridgehead atoms. The van der Waals surface area contributed by atoms with Gasteiger partial charge < -0.3 is 10.1 Å². The fraction of sp³-hybridized carbons (Fsp3) is 0.625. The highest BCUT2D eigenvalue weighted by Crippen LogP contribution is 2.37. The van der Waals surface area contributed by atoms with E-state index in [4.69, 9.17) is 4.74 Å². The van der Waals surface area contributed by atoms with Crippen LogP contribution in [0.3, 0.4) is 0 Å². The maximum absolute atomic E-state index is 11.3. The first kappa shape index (κ1) is 14.3. The molecule has 0 aliphatic carbocycles. The number of nitrogens with zero attached hydrogens (tertiary/aromatic N) is 2. The molecule has 0 aromatic carbocycles. The summed E-state index contributed by atoms with van der Waals surface area (Å²) in [5, 5.41) is 3.04. The molecule has 1 N–H and O–H groups in total. The van der Waals surface area contributed by atoms with Crippen LogP contribution < -0.4 is 10.1 Å². The Balaban J connectivity index is 1.55. The first-order chi connectivity index (χ1) is 10.2. The molecule has 21 heavy (non-hydrogen) atoms. The maximum Gasteiger partial charge on any atom is 0.220 e. The highest BCUT2D eigenvalue weighted by molar-refractivity contribution is 5.76. The number of carbonyl (C=O) groups is 1. The summed E-state index contributed by atoms with van der Waals surface area (Å²) in [7, 11) is 1.65. The highest BCUT2D eigenvalue weighted by atomic mass is 16.5. The summed E-state index contributed by atoms with van der Waals surface area (Å²) in [6, 6.07) is 5.91. The summed E-state index contributed by atoms with van der Waals surface area (Å²) in [6.07, 6.45) is 4.07. The fourth-order valence-electron chi connectivity index (χ4n) is 3.34. The molecule has 5 nitrogen and oxygen atoms in total. The summed E-state index contributed by atoms with van der Waals surface area (Å²) >= 11 is 0. The van der Waals surface area contributed by atoms with Gasteiger partial charge in [0.1, 0.15) is 0 Å². The molecule has 0 saturated carbocycles. The number of likely N-dealkylation sites (tertiary alicyclic amines) is 1. The molecule has 0 atom stereocenters. The van der Waals surface area contributed by atoms with Gasteiger partial charge >= 0.3 is 0 Å². The van der Waals surface area contributed by atoms with E-state index >= 15 is 0 Å². The van der Waals surface area contributed by atoms with Gasteiger partial charge in [-0.2, -0.15) is 0 Å². The van der Waals surface area contributed by atoms with Gasteiger partial charge in [0, 0.05) is 25.6 Å². The molecule has 3 heterocycles. The SMILES string of the molecule is COc1cccc(CN2CCC3(CCC(=O)NC3)CC2)n1. The lowest BCUT2D eigenvalue weighted by Gasteiger charge is -2.44. The van der Waals surface area contributed by atoms with Gasteiger partial charge in [0.05, 0.1) is 12.8 Å². The Hall–Kier alpha value is -1.62. The van der Waals surface area contributed by atoms with Crippen molar-refractivity contribution in [1.29, 1.82) is 0 Å². The van der Waals surface area contributed by atoms with Crippen LogP contribution in [-0.4, -0.2) is 42.5 Å². The zero-order valence-electron chi connectivity index (χ0n) is 12.6. The van der Waals surface area contributed by atoms with Crippen molar-refractivity contribution in [2.24, 2.45) is 5.41 Å². The number of amides is 1. The summed E-state index contributed by atoms with van der Waals surface area (Å²) in [6.45, 7) is 3.89. The Kier molecular flexibility index (Phi) is 4.10. The molecule has 1 aromatic heterocycles. The van der Waals surface area contributed by atoms with E-state index in [9.17, 15) is 4.79 Å². The minimum atomic E-state index is 0.212. The molecule has 2 saturated heterocycles. The van der Waals surface area contributed by atoms with E-state index in [0.29, 0.717) is 17.7 Å². The Morgan fingerprint density at radius 3 is 2.81 bits per heavy atom. The summed E-state index contributed by atoms with van der Waals surface area (Å²) in [4.78, 5) is 18.2. The highest BCUT2D eigenvalue weighted by Gasteiger charge is 2.37. The Bertz CT molecular complexity index is 498. The third kappa shape index (κ3) is 3.35. The average Bonchev–Trinajstić information content (AvgIpc) is 2.53. The van der Waals surface area contributed by atoms with Gasteiger partial charge in [0.2, 0.25) is 11.8 Å². The second kappa shape index (κ2) is 6.02. The molecule has 2 aliphatic rings. The second-order valence-corrected chi connectivity index (χ2v) is 6.22. The van der Waals surface area contributed by atoms with Crippen LogP contribution in [0.2, 0.25) is 0 Å². The van der Waals surface area contributed by atoms with Crippen molar-refractivity contribution in [2.75, 3.05) is 26.7 Å². The smallest absolute Gasteiger partial charge is 0.220 e. The standard InChI is InChI=1S/C16H23N3O2/c1-21-15-4-2-3-13(18-15)11-19-9-7-16(8-10-19)6-5-14(20)17-12-16/h2-4H,5-12H2,1H3,(H,17,20). The van der Waals surface area contributed by atoms with Crippen LogP contribution >= 0.6 is 0 Å². The monoisotopic (exact) mass is 289 g/mol. The number of piperidine rings is 2. The van der Waals surface area contributed by atoms with Gasteiger partial charge in [-0.1, -0.05) is 6.07 Å². The topological polar surface area (TPSA) is 54.5 Å². The minimum absolute atomic E-state index is 0.212. The lowest BCUT2D eigenvalue weighted by atomic mass is 9.73. The number of aromatic nitrogens is 1.